The Morgan fingerprint density at radius 1 is 0.174 bits per heavy atom. The van der Waals surface area contributed by atoms with Crippen molar-refractivity contribution in [2.24, 2.45) is 0 Å². The van der Waals surface area contributed by atoms with Gasteiger partial charge in [0.1, 0.15) is 0 Å². The third kappa shape index (κ3) is 16.3. The lowest BCUT2D eigenvalue weighted by atomic mass is 9.78. The molecule has 0 unspecified atom stereocenters. The number of benzene rings is 7. The fourth-order valence-electron chi connectivity index (χ4n) is 19.7. The molecule has 0 saturated heterocycles. The van der Waals surface area contributed by atoms with Crippen molar-refractivity contribution >= 4 is 123 Å². The number of aromatic nitrogens is 8. The Morgan fingerprint density at radius 2 is 0.364 bits per heavy atom. The first kappa shape index (κ1) is 91.0. The first-order chi connectivity index (χ1) is 60.9. The molecule has 0 fully saturated rings. The molecule has 0 spiro atoms. The zero-order valence-corrected chi connectivity index (χ0v) is 86.1. The van der Waals surface area contributed by atoms with Crippen molar-refractivity contribution in [2.75, 3.05) is 0 Å². The van der Waals surface area contributed by atoms with Crippen LogP contribution in [0, 0.1) is 0 Å². The molecule has 4 N–H and O–H groups in total. The average Bonchev–Trinajstić information content (AvgIpc) is 1.53. The van der Waals surface area contributed by atoms with Crippen LogP contribution < -0.4 is 0 Å². The predicted molar refractivity (Wildman–Crippen MR) is 574 cm³/mol. The highest BCUT2D eigenvalue weighted by Gasteiger charge is 2.35. The van der Waals surface area contributed by atoms with Gasteiger partial charge in [-0.1, -0.05) is 358 Å². The molecular formula is C124H142N8. The molecule has 0 saturated carbocycles. The van der Waals surface area contributed by atoms with Crippen LogP contribution in [-0.2, 0) is 65.0 Å². The quantitative estimate of drug-likeness (QED) is 0.133. The van der Waals surface area contributed by atoms with Gasteiger partial charge >= 0.3 is 0 Å². The van der Waals surface area contributed by atoms with E-state index in [2.05, 4.69) is 451 Å². The molecule has 18 bridgehead atoms. The van der Waals surface area contributed by atoms with Gasteiger partial charge in [0, 0.05) is 98.8 Å². The Labute approximate surface area is 785 Å². The normalized spacial score (nSPS) is 14.0. The maximum Gasteiger partial charge on any atom is 0.0817 e. The number of nitrogens with zero attached hydrogens (tertiary/aromatic N) is 4. The Balaban J connectivity index is 1.20. The number of nitrogens with one attached hydrogen (secondary N) is 4. The van der Waals surface area contributed by atoms with Crippen LogP contribution in [0.3, 0.4) is 0 Å². The summed E-state index contributed by atoms with van der Waals surface area (Å²) in [6.07, 6.45) is 9.25. The van der Waals surface area contributed by atoms with Gasteiger partial charge in [0.25, 0.3) is 0 Å². The number of hydrogen-bond donors (Lipinski definition) is 4. The zero-order valence-electron chi connectivity index (χ0n) is 86.1. The van der Waals surface area contributed by atoms with Gasteiger partial charge in [0.2, 0.25) is 0 Å². The summed E-state index contributed by atoms with van der Waals surface area (Å²) in [7, 11) is 0. The molecule has 10 heterocycles. The van der Waals surface area contributed by atoms with E-state index in [9.17, 15) is 0 Å². The molecule has 8 nitrogen and oxygen atoms in total. The Morgan fingerprint density at radius 3 is 0.576 bits per heavy atom. The molecule has 8 aromatic heterocycles. The van der Waals surface area contributed by atoms with Crippen molar-refractivity contribution in [2.45, 2.75) is 314 Å². The predicted octanol–water partition coefficient (Wildman–Crippen LogP) is 35.2. The molecule has 0 aliphatic carbocycles. The van der Waals surface area contributed by atoms with E-state index in [1.54, 1.807) is 0 Å². The fourth-order valence-corrected chi connectivity index (χ4v) is 19.7. The van der Waals surface area contributed by atoms with Crippen LogP contribution in [0.4, 0.5) is 0 Å². The highest BCUT2D eigenvalue weighted by atomic mass is 14.8. The summed E-state index contributed by atoms with van der Waals surface area (Å²) in [5, 5.41) is 5.95. The summed E-state index contributed by atoms with van der Waals surface area (Å²) in [5.41, 5.74) is 39.2. The minimum absolute atomic E-state index is 0.198. The zero-order chi connectivity index (χ0) is 95.4. The van der Waals surface area contributed by atoms with Crippen molar-refractivity contribution in [3.63, 3.8) is 0 Å². The van der Waals surface area contributed by atoms with Crippen LogP contribution in [0.2, 0.25) is 0 Å². The first-order valence-electron chi connectivity index (χ1n) is 48.4. The Hall–Kier alpha value is -11.5. The molecule has 2 aliphatic heterocycles. The molecule has 8 aromatic carbocycles. The van der Waals surface area contributed by atoms with Gasteiger partial charge in [0.15, 0.2) is 0 Å². The van der Waals surface area contributed by atoms with Crippen molar-refractivity contribution in [1.29, 1.82) is 0 Å². The molecular weight excluding hydrogens is 1600 g/mol. The van der Waals surface area contributed by atoms with E-state index in [0.717, 1.165) is 188 Å². The maximum atomic E-state index is 6.46. The second-order valence-electron chi connectivity index (χ2n) is 51.5. The van der Waals surface area contributed by atoms with Crippen LogP contribution in [0.5, 0.6) is 0 Å². The number of aromatic amines is 4. The number of rotatable bonds is 6. The van der Waals surface area contributed by atoms with Gasteiger partial charge in [-0.2, -0.15) is 0 Å². The number of H-pyrrole nitrogens is 4. The summed E-state index contributed by atoms with van der Waals surface area (Å²) in [5.74, 6) is 0. The van der Waals surface area contributed by atoms with Crippen LogP contribution >= 0.6 is 0 Å². The summed E-state index contributed by atoms with van der Waals surface area (Å²) < 4.78 is 0. The second-order valence-corrected chi connectivity index (χ2v) is 51.5. The third-order valence-electron chi connectivity index (χ3n) is 28.5. The van der Waals surface area contributed by atoms with Crippen molar-refractivity contribution in [3.05, 3.63) is 247 Å². The van der Waals surface area contributed by atoms with Gasteiger partial charge in [-0.3, -0.25) is 0 Å². The van der Waals surface area contributed by atoms with Crippen LogP contribution in [0.25, 0.3) is 190 Å². The van der Waals surface area contributed by atoms with Crippen LogP contribution in [0.15, 0.2) is 158 Å². The lowest BCUT2D eigenvalue weighted by Gasteiger charge is -2.26. The third-order valence-corrected chi connectivity index (χ3v) is 28.5. The smallest absolute Gasteiger partial charge is 0.0817 e. The number of fused-ring (bicyclic) bond motifs is 18. The second kappa shape index (κ2) is 30.0. The topological polar surface area (TPSA) is 115 Å². The summed E-state index contributed by atoms with van der Waals surface area (Å²) in [6, 6.07) is 63.3. The Bertz CT molecular complexity index is 7110. The highest BCUT2D eigenvalue weighted by Crippen LogP contribution is 2.53. The van der Waals surface area contributed by atoms with E-state index < -0.39 is 0 Å². The van der Waals surface area contributed by atoms with Gasteiger partial charge < -0.3 is 19.9 Å². The van der Waals surface area contributed by atoms with Gasteiger partial charge in [-0.05, 0) is 238 Å². The SMILES string of the molecule is CC(C)(C)c1cc(-c2c3nc(c(-c4cc(C(C)(C)C)cc(C(C)(C)C)c4)c4[nH]c5cc4c4cc6[nH]c4c(-c4cc(C(C)(C)C)cc(C(C)(C)C)c4)c4nc(c(-c7cc(C(C)(C)C)cc(C(C)(C)C)c7)c7ccc([nH]7)c(-c7cc(C(C)(C)C)cc(C(C)(C)C)c7)c7cc8c9cc(nc9c5c6c8n7)c(-c5cc(C(C)(C)C)cc(C(C)(C)C)c5)c5ccc2[nH]5)C=C4)C=C3)cc(C(C)(C)C)c1. The van der Waals surface area contributed by atoms with Gasteiger partial charge in [0.05, 0.1) is 55.9 Å². The molecule has 132 heavy (non-hydrogen) atoms. The van der Waals surface area contributed by atoms with E-state index in [4.69, 9.17) is 19.9 Å². The van der Waals surface area contributed by atoms with Gasteiger partial charge in [-0.25, -0.2) is 19.9 Å². The minimum Gasteiger partial charge on any atom is -0.354 e. The fraction of sp³-hybridized carbons (Fsp3) is 0.387. The Kier molecular flexibility index (Phi) is 20.7. The molecule has 18 rings (SSSR count). The minimum atomic E-state index is -0.250. The highest BCUT2D eigenvalue weighted by molar-refractivity contribution is 6.35. The summed E-state index contributed by atoms with van der Waals surface area (Å²) in [6.45, 7) is 84.7. The summed E-state index contributed by atoms with van der Waals surface area (Å²) >= 11 is 0. The lowest BCUT2D eigenvalue weighted by Crippen LogP contribution is -2.16. The van der Waals surface area contributed by atoms with E-state index in [0.29, 0.717) is 0 Å². The molecule has 8 heteroatoms. The van der Waals surface area contributed by atoms with E-state index in [1.165, 1.54) is 66.8 Å². The molecule has 2 aliphatic rings. The van der Waals surface area contributed by atoms with E-state index in [1.807, 2.05) is 0 Å². The van der Waals surface area contributed by atoms with Crippen LogP contribution in [-0.4, -0.2) is 39.9 Å². The van der Waals surface area contributed by atoms with Crippen molar-refractivity contribution < 1.29 is 0 Å². The maximum absolute atomic E-state index is 6.46. The number of hydrogen-bond acceptors (Lipinski definition) is 4. The van der Waals surface area contributed by atoms with Crippen LogP contribution in [0.1, 0.15) is 339 Å². The van der Waals surface area contributed by atoms with E-state index >= 15 is 0 Å². The standard InChI is InChI=1S/C124H142N8/c1-113(2,3)73-45-67(46-74(57-73)114(4,5)6)101-89-37-39-93(125-89)103(69-49-77(117(13,14)15)59-78(50-69)118(16,17)18)97-63-87-88-64-98-104(70-51-79(119(19,20)21)60-80(52-70)120(22,23)24)94-40-38-90(126-94)102(68-47-75(115(7,8)9)58-76(48-68)116(10,11)12)92-42-44-96(128-92)106(72-55-83(123(31,32)33)62-84(56-72)124(34,35)36)110-86-66-100(132-110)108(112(88)130-98)107(111(87)129-97)99-65-85(86)109(131-99)105(95-43-41-91(101)127-95)71-53-81(121(25,26)27)61-82(54-71)122(28,29)30/h37-66,125-126,131-132H,1-36H3. The van der Waals surface area contributed by atoms with Gasteiger partial charge in [-0.15, -0.1) is 0 Å². The molecule has 16 aromatic rings. The average molecular weight is 1740 g/mol. The van der Waals surface area contributed by atoms with Crippen molar-refractivity contribution in [1.82, 2.24) is 39.9 Å². The monoisotopic (exact) mass is 1740 g/mol. The molecule has 0 atom stereocenters. The first-order valence-corrected chi connectivity index (χ1v) is 48.4. The van der Waals surface area contributed by atoms with E-state index in [-0.39, 0.29) is 65.0 Å². The summed E-state index contributed by atoms with van der Waals surface area (Å²) in [4.78, 5) is 43.2. The van der Waals surface area contributed by atoms with Crippen molar-refractivity contribution in [3.8, 4) is 66.8 Å². The molecule has 0 radical (unpaired) electrons. The largest absolute Gasteiger partial charge is 0.354 e. The molecule has 678 valence electrons. The molecule has 0 amide bonds. The lowest BCUT2D eigenvalue weighted by molar-refractivity contribution is 0.568.